The van der Waals surface area contributed by atoms with Gasteiger partial charge in [0.1, 0.15) is 19.5 Å². The van der Waals surface area contributed by atoms with Crippen LogP contribution in [0.4, 0.5) is 0 Å². The zero-order valence-electron chi connectivity index (χ0n) is 14.7. The summed E-state index contributed by atoms with van der Waals surface area (Å²) in [7, 11) is 2.05. The van der Waals surface area contributed by atoms with Crippen molar-refractivity contribution in [2.75, 3.05) is 7.05 Å². The highest BCUT2D eigenvalue weighted by Gasteiger charge is 2.21. The van der Waals surface area contributed by atoms with Gasteiger partial charge in [0.25, 0.3) is 0 Å². The van der Waals surface area contributed by atoms with E-state index in [1.54, 1.807) is 0 Å². The standard InChI is InChI=1S/C19H30N2/c1-15(2)16(3)9-13-20(7)11-8-12-21-14-10-17(4)18(5)19(21)6/h11-14,19H,9-10H2,1-7H3/q+2. The Hall–Kier alpha value is -1.66. The highest BCUT2D eigenvalue weighted by molar-refractivity contribution is 5.58. The van der Waals surface area contributed by atoms with E-state index in [1.807, 2.05) is 12.4 Å². The zero-order chi connectivity index (χ0) is 16.0. The van der Waals surface area contributed by atoms with Gasteiger partial charge in [0, 0.05) is 25.5 Å². The molecule has 0 fully saturated rings. The van der Waals surface area contributed by atoms with Crippen molar-refractivity contribution in [2.24, 2.45) is 0 Å². The molecule has 1 aliphatic heterocycles. The SMILES string of the molecule is CC(C)=C(C)CC=[N+](C)C=C=C[N+]1=CCC(C)=C(C)C1C. The van der Waals surface area contributed by atoms with Crippen LogP contribution in [0.2, 0.25) is 0 Å². The van der Waals surface area contributed by atoms with Crippen LogP contribution >= 0.6 is 0 Å². The van der Waals surface area contributed by atoms with Crippen LogP contribution < -0.4 is 0 Å². The van der Waals surface area contributed by atoms with Gasteiger partial charge in [-0.25, -0.2) is 4.58 Å². The van der Waals surface area contributed by atoms with Crippen molar-refractivity contribution >= 4 is 12.4 Å². The average molecular weight is 286 g/mol. The lowest BCUT2D eigenvalue weighted by Crippen LogP contribution is -2.25. The third-order valence-electron chi connectivity index (χ3n) is 4.40. The quantitative estimate of drug-likeness (QED) is 0.315. The topological polar surface area (TPSA) is 6.02 Å². The van der Waals surface area contributed by atoms with Crippen molar-refractivity contribution in [3.63, 3.8) is 0 Å². The van der Waals surface area contributed by atoms with Gasteiger partial charge in [-0.3, -0.25) is 0 Å². The van der Waals surface area contributed by atoms with Gasteiger partial charge in [-0.2, -0.15) is 4.58 Å². The molecule has 1 atom stereocenters. The fraction of sp³-hybridized carbons (Fsp3) is 0.526. The fourth-order valence-corrected chi connectivity index (χ4v) is 2.08. The normalized spacial score (nSPS) is 18.9. The largest absolute Gasteiger partial charge is 0.218 e. The predicted octanol–water partition coefficient (Wildman–Crippen LogP) is 4.28. The minimum Gasteiger partial charge on any atom is -0.204 e. The van der Waals surface area contributed by atoms with E-state index in [2.05, 4.69) is 75.9 Å². The highest BCUT2D eigenvalue weighted by atomic mass is 15.0. The molecule has 2 nitrogen and oxygen atoms in total. The molecular weight excluding hydrogens is 256 g/mol. The van der Waals surface area contributed by atoms with Crippen LogP contribution in [-0.4, -0.2) is 34.7 Å². The first-order valence-corrected chi connectivity index (χ1v) is 7.71. The van der Waals surface area contributed by atoms with Gasteiger partial charge in [-0.15, -0.1) is 0 Å². The van der Waals surface area contributed by atoms with Crippen LogP contribution in [0.1, 0.15) is 54.4 Å². The van der Waals surface area contributed by atoms with Gasteiger partial charge in [-0.05, 0) is 40.2 Å². The Morgan fingerprint density at radius 1 is 1.38 bits per heavy atom. The van der Waals surface area contributed by atoms with Gasteiger partial charge in [-0.1, -0.05) is 16.7 Å². The van der Waals surface area contributed by atoms with E-state index in [0.717, 1.165) is 12.8 Å². The first kappa shape index (κ1) is 17.4. The molecule has 0 aliphatic carbocycles. The molecule has 114 valence electrons. The van der Waals surface area contributed by atoms with E-state index in [1.165, 1.54) is 22.3 Å². The first-order valence-electron chi connectivity index (χ1n) is 7.71. The van der Waals surface area contributed by atoms with Crippen LogP contribution in [0, 0.1) is 0 Å². The summed E-state index contributed by atoms with van der Waals surface area (Å²) in [5, 5.41) is 0. The summed E-state index contributed by atoms with van der Waals surface area (Å²) >= 11 is 0. The van der Waals surface area contributed by atoms with E-state index in [4.69, 9.17) is 0 Å². The third kappa shape index (κ3) is 5.32. The van der Waals surface area contributed by atoms with Crippen LogP contribution in [-0.2, 0) is 0 Å². The molecule has 1 unspecified atom stereocenters. The molecule has 0 bridgehead atoms. The number of hydrogen-bond donors (Lipinski definition) is 0. The second-order valence-corrected chi connectivity index (χ2v) is 6.23. The molecule has 0 aromatic rings. The van der Waals surface area contributed by atoms with Crippen LogP contribution in [0.5, 0.6) is 0 Å². The van der Waals surface area contributed by atoms with E-state index in [0.29, 0.717) is 6.04 Å². The molecule has 0 amide bonds. The maximum atomic E-state index is 3.27. The molecule has 1 aliphatic rings. The van der Waals surface area contributed by atoms with Gasteiger partial charge in [0.2, 0.25) is 12.4 Å². The Morgan fingerprint density at radius 2 is 2.05 bits per heavy atom. The second-order valence-electron chi connectivity index (χ2n) is 6.23. The maximum absolute atomic E-state index is 3.27. The number of rotatable bonds is 4. The summed E-state index contributed by atoms with van der Waals surface area (Å²) in [4.78, 5) is 0. The van der Waals surface area contributed by atoms with Gasteiger partial charge in [0.05, 0.1) is 0 Å². The molecule has 0 radical (unpaired) electrons. The molecule has 0 aromatic heterocycles. The summed E-state index contributed by atoms with van der Waals surface area (Å²) in [6.07, 6.45) is 10.5. The molecule has 0 N–H and O–H groups in total. The maximum Gasteiger partial charge on any atom is 0.218 e. The minimum absolute atomic E-state index is 0.432. The lowest BCUT2D eigenvalue weighted by atomic mass is 9.99. The van der Waals surface area contributed by atoms with Crippen molar-refractivity contribution in [3.05, 3.63) is 40.4 Å². The minimum atomic E-state index is 0.432. The van der Waals surface area contributed by atoms with E-state index in [9.17, 15) is 0 Å². The van der Waals surface area contributed by atoms with E-state index in [-0.39, 0.29) is 0 Å². The lowest BCUT2D eigenvalue weighted by Gasteiger charge is -2.15. The second kappa shape index (κ2) is 7.95. The Kier molecular flexibility index (Phi) is 6.58. The predicted molar refractivity (Wildman–Crippen MR) is 92.3 cm³/mol. The van der Waals surface area contributed by atoms with Crippen molar-refractivity contribution in [2.45, 2.75) is 60.4 Å². The number of allylic oxidation sites excluding steroid dienone is 3. The van der Waals surface area contributed by atoms with E-state index < -0.39 is 0 Å². The van der Waals surface area contributed by atoms with E-state index >= 15 is 0 Å². The molecule has 0 saturated carbocycles. The van der Waals surface area contributed by atoms with Crippen LogP contribution in [0.3, 0.4) is 0 Å². The molecule has 21 heavy (non-hydrogen) atoms. The Bertz CT molecular complexity index is 573. The number of nitrogens with zero attached hydrogens (tertiary/aromatic N) is 2. The zero-order valence-corrected chi connectivity index (χ0v) is 14.7. The summed E-state index contributed by atoms with van der Waals surface area (Å²) < 4.78 is 4.32. The smallest absolute Gasteiger partial charge is 0.204 e. The molecule has 0 saturated heterocycles. The number of hydrogen-bond acceptors (Lipinski definition) is 0. The Balaban J connectivity index is 2.73. The van der Waals surface area contributed by atoms with Crippen molar-refractivity contribution in [1.82, 2.24) is 0 Å². The Morgan fingerprint density at radius 3 is 2.67 bits per heavy atom. The molecule has 1 rings (SSSR count). The molecular formula is C19H30N2+2. The molecule has 2 heteroatoms. The van der Waals surface area contributed by atoms with Crippen LogP contribution in [0.15, 0.2) is 40.4 Å². The monoisotopic (exact) mass is 286 g/mol. The van der Waals surface area contributed by atoms with Crippen molar-refractivity contribution in [3.8, 4) is 0 Å². The summed E-state index contributed by atoms with van der Waals surface area (Å²) in [5.74, 6) is 0. The Labute approximate surface area is 130 Å². The summed E-state index contributed by atoms with van der Waals surface area (Å²) in [6, 6.07) is 0.432. The average Bonchev–Trinajstić information content (AvgIpc) is 2.44. The van der Waals surface area contributed by atoms with Crippen molar-refractivity contribution in [1.29, 1.82) is 0 Å². The van der Waals surface area contributed by atoms with Crippen molar-refractivity contribution < 1.29 is 9.15 Å². The van der Waals surface area contributed by atoms with Gasteiger partial charge >= 0.3 is 0 Å². The summed E-state index contributed by atoms with van der Waals surface area (Å²) in [5.41, 5.74) is 9.05. The van der Waals surface area contributed by atoms with Gasteiger partial charge in [0.15, 0.2) is 6.04 Å². The molecule has 0 spiro atoms. The molecule has 1 heterocycles. The molecule has 0 aromatic carbocycles. The summed E-state index contributed by atoms with van der Waals surface area (Å²) in [6.45, 7) is 13.2. The highest BCUT2D eigenvalue weighted by Crippen LogP contribution is 2.17. The fourth-order valence-electron chi connectivity index (χ4n) is 2.08. The lowest BCUT2D eigenvalue weighted by molar-refractivity contribution is -0.483. The van der Waals surface area contributed by atoms with Crippen LogP contribution in [0.25, 0.3) is 0 Å². The van der Waals surface area contributed by atoms with Gasteiger partial charge < -0.3 is 0 Å². The third-order valence-corrected chi connectivity index (χ3v) is 4.40. The first-order chi connectivity index (χ1) is 9.82.